The molecule has 0 fully saturated rings. The Bertz CT molecular complexity index is 660. The molecule has 0 unspecified atom stereocenters. The van der Waals surface area contributed by atoms with Crippen LogP contribution in [0.5, 0.6) is 0 Å². The third-order valence-electron chi connectivity index (χ3n) is 3.12. The van der Waals surface area contributed by atoms with Crippen molar-refractivity contribution in [3.63, 3.8) is 0 Å². The lowest BCUT2D eigenvalue weighted by atomic mass is 10.1. The highest BCUT2D eigenvalue weighted by Gasteiger charge is 2.05. The molecule has 0 nitrogen and oxygen atoms in total. The van der Waals surface area contributed by atoms with Crippen molar-refractivity contribution in [3.05, 3.63) is 59.7 Å². The quantitative estimate of drug-likeness (QED) is 0.547. The molecule has 0 N–H and O–H groups in total. The fraction of sp³-hybridized carbons (Fsp3) is 0.125. The van der Waals surface area contributed by atoms with Crippen molar-refractivity contribution in [3.8, 4) is 10.4 Å². The first-order valence-corrected chi connectivity index (χ1v) is 6.62. The largest absolute Gasteiger partial charge is 0.135 e. The van der Waals surface area contributed by atoms with Gasteiger partial charge in [-0.2, -0.15) is 0 Å². The van der Waals surface area contributed by atoms with E-state index >= 15 is 0 Å². The Hall–Kier alpha value is -1.60. The highest BCUT2D eigenvalue weighted by molar-refractivity contribution is 7.22. The van der Waals surface area contributed by atoms with Gasteiger partial charge in [-0.05, 0) is 42.5 Å². The van der Waals surface area contributed by atoms with Crippen LogP contribution in [-0.4, -0.2) is 0 Å². The minimum absolute atomic E-state index is 1.31. The van der Waals surface area contributed by atoms with E-state index in [0.29, 0.717) is 0 Å². The number of hydrogen-bond donors (Lipinski definition) is 0. The molecule has 0 saturated heterocycles. The maximum atomic E-state index is 2.31. The number of thiophene rings is 1. The predicted octanol–water partition coefficient (Wildman–Crippen LogP) is 5.19. The Balaban J connectivity index is 2.18. The molecule has 0 amide bonds. The molecule has 0 aliphatic rings. The van der Waals surface area contributed by atoms with E-state index in [0.717, 1.165) is 0 Å². The van der Waals surface area contributed by atoms with Crippen LogP contribution in [0.4, 0.5) is 0 Å². The van der Waals surface area contributed by atoms with Crippen molar-refractivity contribution in [1.29, 1.82) is 0 Å². The van der Waals surface area contributed by atoms with Crippen LogP contribution in [0.25, 0.3) is 20.5 Å². The molecule has 0 spiro atoms. The van der Waals surface area contributed by atoms with E-state index in [9.17, 15) is 0 Å². The summed E-state index contributed by atoms with van der Waals surface area (Å²) in [7, 11) is 0. The zero-order valence-corrected chi connectivity index (χ0v) is 10.8. The third kappa shape index (κ3) is 1.87. The van der Waals surface area contributed by atoms with E-state index in [1.54, 1.807) is 0 Å². The molecule has 0 bridgehead atoms. The van der Waals surface area contributed by atoms with Gasteiger partial charge in [0.25, 0.3) is 0 Å². The first-order chi connectivity index (χ1) is 8.24. The first kappa shape index (κ1) is 10.5. The van der Waals surface area contributed by atoms with E-state index in [2.05, 4.69) is 62.4 Å². The van der Waals surface area contributed by atoms with Crippen LogP contribution < -0.4 is 0 Å². The van der Waals surface area contributed by atoms with Crippen molar-refractivity contribution in [2.24, 2.45) is 0 Å². The average Bonchev–Trinajstić information content (AvgIpc) is 2.75. The maximum Gasteiger partial charge on any atom is 0.0355 e. The van der Waals surface area contributed by atoms with Crippen LogP contribution in [0.15, 0.2) is 48.5 Å². The lowest BCUT2D eigenvalue weighted by Gasteiger charge is -1.97. The van der Waals surface area contributed by atoms with E-state index in [-0.39, 0.29) is 0 Å². The SMILES string of the molecule is Cc1ccc(-c2cc3c(C)cccc3s2)cc1. The van der Waals surface area contributed by atoms with E-state index in [1.165, 1.54) is 31.7 Å². The molecule has 2 aromatic carbocycles. The van der Waals surface area contributed by atoms with Gasteiger partial charge in [0.2, 0.25) is 0 Å². The van der Waals surface area contributed by atoms with E-state index in [4.69, 9.17) is 0 Å². The molecule has 0 aliphatic carbocycles. The zero-order chi connectivity index (χ0) is 11.8. The smallest absolute Gasteiger partial charge is 0.0355 e. The fourth-order valence-corrected chi connectivity index (χ4v) is 3.21. The molecule has 0 saturated carbocycles. The van der Waals surface area contributed by atoms with Crippen LogP contribution >= 0.6 is 11.3 Å². The first-order valence-electron chi connectivity index (χ1n) is 5.80. The second-order valence-electron chi connectivity index (χ2n) is 4.46. The average molecular weight is 238 g/mol. The van der Waals surface area contributed by atoms with Gasteiger partial charge in [0, 0.05) is 9.58 Å². The standard InChI is InChI=1S/C16H14S/c1-11-6-8-13(9-7-11)16-10-14-12(2)4-3-5-15(14)17-16/h3-10H,1-2H3. The van der Waals surface area contributed by atoms with Gasteiger partial charge in [-0.3, -0.25) is 0 Å². The number of hydrogen-bond acceptors (Lipinski definition) is 1. The second-order valence-corrected chi connectivity index (χ2v) is 5.55. The van der Waals surface area contributed by atoms with Crippen molar-refractivity contribution in [1.82, 2.24) is 0 Å². The molecule has 17 heavy (non-hydrogen) atoms. The second kappa shape index (κ2) is 4.01. The Morgan fingerprint density at radius 2 is 1.65 bits per heavy atom. The van der Waals surface area contributed by atoms with Gasteiger partial charge < -0.3 is 0 Å². The van der Waals surface area contributed by atoms with Crippen LogP contribution in [0.1, 0.15) is 11.1 Å². The molecule has 0 atom stereocenters. The highest BCUT2D eigenvalue weighted by Crippen LogP contribution is 2.34. The molecule has 0 radical (unpaired) electrons. The predicted molar refractivity (Wildman–Crippen MR) is 76.7 cm³/mol. The Morgan fingerprint density at radius 3 is 2.35 bits per heavy atom. The van der Waals surface area contributed by atoms with Crippen LogP contribution in [0, 0.1) is 13.8 Å². The summed E-state index contributed by atoms with van der Waals surface area (Å²) < 4.78 is 1.38. The van der Waals surface area contributed by atoms with Crippen LogP contribution in [0.3, 0.4) is 0 Å². The number of aryl methyl sites for hydroxylation is 2. The van der Waals surface area contributed by atoms with Gasteiger partial charge in [0.15, 0.2) is 0 Å². The summed E-state index contributed by atoms with van der Waals surface area (Å²) in [6.07, 6.45) is 0. The maximum absolute atomic E-state index is 2.31. The monoisotopic (exact) mass is 238 g/mol. The van der Waals surface area contributed by atoms with Crippen molar-refractivity contribution in [2.45, 2.75) is 13.8 Å². The molecule has 1 heterocycles. The molecular weight excluding hydrogens is 224 g/mol. The van der Waals surface area contributed by atoms with Crippen molar-refractivity contribution < 1.29 is 0 Å². The normalized spacial score (nSPS) is 10.9. The summed E-state index contributed by atoms with van der Waals surface area (Å²) in [6.45, 7) is 4.30. The highest BCUT2D eigenvalue weighted by atomic mass is 32.1. The summed E-state index contributed by atoms with van der Waals surface area (Å²) in [5.74, 6) is 0. The van der Waals surface area contributed by atoms with Gasteiger partial charge in [-0.1, -0.05) is 42.0 Å². The van der Waals surface area contributed by atoms with Crippen LogP contribution in [-0.2, 0) is 0 Å². The lowest BCUT2D eigenvalue weighted by molar-refractivity contribution is 1.48. The number of benzene rings is 2. The molecule has 1 aromatic heterocycles. The lowest BCUT2D eigenvalue weighted by Crippen LogP contribution is -1.73. The summed E-state index contributed by atoms with van der Waals surface area (Å²) in [5.41, 5.74) is 3.99. The summed E-state index contributed by atoms with van der Waals surface area (Å²) >= 11 is 1.87. The van der Waals surface area contributed by atoms with Gasteiger partial charge in [0.05, 0.1) is 0 Å². The molecule has 3 aromatic rings. The Labute approximate surface area is 106 Å². The van der Waals surface area contributed by atoms with Crippen molar-refractivity contribution >= 4 is 21.4 Å². The van der Waals surface area contributed by atoms with Gasteiger partial charge in [0.1, 0.15) is 0 Å². The van der Waals surface area contributed by atoms with E-state index < -0.39 is 0 Å². The van der Waals surface area contributed by atoms with Gasteiger partial charge >= 0.3 is 0 Å². The number of fused-ring (bicyclic) bond motifs is 1. The molecular formula is C16H14S. The Kier molecular flexibility index (Phi) is 2.49. The topological polar surface area (TPSA) is 0 Å². The summed E-state index contributed by atoms with van der Waals surface area (Å²) in [6, 6.07) is 17.6. The number of rotatable bonds is 1. The molecule has 0 aliphatic heterocycles. The fourth-order valence-electron chi connectivity index (χ4n) is 2.07. The van der Waals surface area contributed by atoms with Crippen LogP contribution in [0.2, 0.25) is 0 Å². The Morgan fingerprint density at radius 1 is 0.882 bits per heavy atom. The molecule has 84 valence electrons. The summed E-state index contributed by atoms with van der Waals surface area (Å²) in [5, 5.41) is 1.38. The zero-order valence-electron chi connectivity index (χ0n) is 10.0. The molecule has 1 heteroatoms. The van der Waals surface area contributed by atoms with E-state index in [1.807, 2.05) is 11.3 Å². The minimum atomic E-state index is 1.31. The summed E-state index contributed by atoms with van der Waals surface area (Å²) in [4.78, 5) is 1.36. The molecule has 3 rings (SSSR count). The third-order valence-corrected chi connectivity index (χ3v) is 4.26. The van der Waals surface area contributed by atoms with Crippen molar-refractivity contribution in [2.75, 3.05) is 0 Å². The van der Waals surface area contributed by atoms with Gasteiger partial charge in [-0.25, -0.2) is 0 Å². The minimum Gasteiger partial charge on any atom is -0.135 e. The van der Waals surface area contributed by atoms with Gasteiger partial charge in [-0.15, -0.1) is 11.3 Å².